The zero-order valence-corrected chi connectivity index (χ0v) is 8.64. The molecule has 9 heteroatoms. The molecule has 0 radical (unpaired) electrons. The average molecular weight is 233 g/mol. The van der Waals surface area contributed by atoms with Crippen molar-refractivity contribution in [3.63, 3.8) is 0 Å². The van der Waals surface area contributed by atoms with E-state index in [1.165, 1.54) is 0 Å². The molecule has 0 bridgehead atoms. The van der Waals surface area contributed by atoms with Crippen LogP contribution in [0.25, 0.3) is 0 Å². The van der Waals surface area contributed by atoms with Gasteiger partial charge in [0.1, 0.15) is 6.04 Å². The molecule has 92 valence electrons. The molecule has 0 spiro atoms. The molecule has 0 rings (SSSR count). The largest absolute Gasteiger partial charge is 0.399 e. The molecule has 0 aliphatic heterocycles. The lowest BCUT2D eigenvalue weighted by atomic mass is 10.2. The van der Waals surface area contributed by atoms with Crippen molar-refractivity contribution >= 4 is 11.9 Å². The van der Waals surface area contributed by atoms with E-state index in [0.717, 1.165) is 0 Å². The monoisotopic (exact) mass is 233 g/mol. The van der Waals surface area contributed by atoms with Crippen molar-refractivity contribution in [1.29, 1.82) is 5.41 Å². The van der Waals surface area contributed by atoms with E-state index in [0.29, 0.717) is 19.4 Å². The second kappa shape index (κ2) is 7.40. The predicted octanol–water partition coefficient (Wildman–Crippen LogP) is -1.65. The second-order valence-corrected chi connectivity index (χ2v) is 3.01. The molecule has 6 N–H and O–H groups in total. The fraction of sp³-hybridized carbons (Fsp3) is 0.714. The van der Waals surface area contributed by atoms with Crippen LogP contribution in [-0.2, 0) is 9.53 Å². The van der Waals surface area contributed by atoms with E-state index in [9.17, 15) is 14.9 Å². The number of nitrogens with two attached hydrogens (primary N) is 2. The number of nitro groups is 1. The van der Waals surface area contributed by atoms with E-state index >= 15 is 0 Å². The number of ether oxygens (including phenoxy) is 1. The number of hydrogen-bond donors (Lipinski definition) is 4. The summed E-state index contributed by atoms with van der Waals surface area (Å²) in [5.41, 5.74) is 10.4. The molecule has 1 atom stereocenters. The molecule has 0 saturated carbocycles. The summed E-state index contributed by atoms with van der Waals surface area (Å²) in [6.07, 6.45) is 0.811. The first-order valence-electron chi connectivity index (χ1n) is 4.55. The zero-order chi connectivity index (χ0) is 12.6. The number of carbonyl (C=O) groups excluding carboxylic acids is 1. The Kier molecular flexibility index (Phi) is 6.52. The fourth-order valence-electron chi connectivity index (χ4n) is 0.886. The molecule has 0 saturated heterocycles. The van der Waals surface area contributed by atoms with Crippen LogP contribution < -0.4 is 16.8 Å². The van der Waals surface area contributed by atoms with E-state index in [1.54, 1.807) is 0 Å². The minimum atomic E-state index is -0.895. The van der Waals surface area contributed by atoms with Crippen LogP contribution in [0.1, 0.15) is 12.8 Å². The second-order valence-electron chi connectivity index (χ2n) is 3.01. The van der Waals surface area contributed by atoms with Crippen LogP contribution in [-0.4, -0.2) is 36.2 Å². The van der Waals surface area contributed by atoms with Crippen LogP contribution in [0.15, 0.2) is 0 Å². The summed E-state index contributed by atoms with van der Waals surface area (Å²) in [6, 6.07) is -0.895. The third-order valence-corrected chi connectivity index (χ3v) is 1.62. The highest BCUT2D eigenvalue weighted by Gasteiger charge is 2.16. The van der Waals surface area contributed by atoms with Gasteiger partial charge in [0.25, 0.3) is 0 Å². The summed E-state index contributed by atoms with van der Waals surface area (Å²) in [7, 11) is 0. The van der Waals surface area contributed by atoms with Gasteiger partial charge in [-0.2, -0.15) is 0 Å². The maximum atomic E-state index is 11.0. The highest BCUT2D eigenvalue weighted by atomic mass is 16.7. The number of rotatable bonds is 7. The van der Waals surface area contributed by atoms with Gasteiger partial charge in [0.2, 0.25) is 0 Å². The third kappa shape index (κ3) is 7.50. The Hall–Kier alpha value is -1.90. The third-order valence-electron chi connectivity index (χ3n) is 1.62. The predicted molar refractivity (Wildman–Crippen MR) is 55.1 cm³/mol. The van der Waals surface area contributed by atoms with Crippen LogP contribution in [0.4, 0.5) is 0 Å². The molecule has 9 nitrogen and oxygen atoms in total. The molecule has 0 fully saturated rings. The molecule has 0 aliphatic rings. The van der Waals surface area contributed by atoms with E-state index < -0.39 is 23.7 Å². The molecular weight excluding hydrogens is 218 g/mol. The van der Waals surface area contributed by atoms with Gasteiger partial charge < -0.3 is 21.5 Å². The van der Waals surface area contributed by atoms with E-state index in [2.05, 4.69) is 10.1 Å². The highest BCUT2D eigenvalue weighted by Crippen LogP contribution is 1.96. The summed E-state index contributed by atoms with van der Waals surface area (Å²) in [5.74, 6) is -0.968. The van der Waals surface area contributed by atoms with Crippen LogP contribution in [0.3, 0.4) is 0 Å². The van der Waals surface area contributed by atoms with Crippen molar-refractivity contribution in [2.75, 3.05) is 13.3 Å². The lowest BCUT2D eigenvalue weighted by molar-refractivity contribution is -0.519. The number of carbonyl (C=O) groups is 1. The van der Waals surface area contributed by atoms with Crippen molar-refractivity contribution in [2.45, 2.75) is 18.9 Å². The maximum Gasteiger partial charge on any atom is 0.346 e. The minimum Gasteiger partial charge on any atom is -0.399 e. The Morgan fingerprint density at radius 3 is 2.75 bits per heavy atom. The van der Waals surface area contributed by atoms with Gasteiger partial charge in [0.05, 0.1) is 4.92 Å². The van der Waals surface area contributed by atoms with E-state index in [4.69, 9.17) is 16.9 Å². The van der Waals surface area contributed by atoms with Crippen LogP contribution in [0, 0.1) is 15.5 Å². The SMILES string of the molecule is N=C(N)NCCC[C@H](N)C(=O)OC[N+](=O)[O-]. The first-order chi connectivity index (χ1) is 7.43. The summed E-state index contributed by atoms with van der Waals surface area (Å²) in [6.45, 7) is -0.468. The summed E-state index contributed by atoms with van der Waals surface area (Å²) >= 11 is 0. The molecular formula is C7H15N5O4. The number of nitrogens with one attached hydrogen (secondary N) is 2. The van der Waals surface area contributed by atoms with Gasteiger partial charge in [0, 0.05) is 6.54 Å². The van der Waals surface area contributed by atoms with Crippen LogP contribution in [0.2, 0.25) is 0 Å². The quantitative estimate of drug-likeness (QED) is 0.0780. The topological polar surface area (TPSA) is 157 Å². The molecule has 16 heavy (non-hydrogen) atoms. The Balaban J connectivity index is 3.62. The lowest BCUT2D eigenvalue weighted by Crippen LogP contribution is -2.35. The smallest absolute Gasteiger partial charge is 0.346 e. The molecule has 0 aromatic carbocycles. The molecule has 0 aromatic rings. The Morgan fingerprint density at radius 1 is 1.62 bits per heavy atom. The Bertz CT molecular complexity index is 270. The van der Waals surface area contributed by atoms with Crippen molar-refractivity contribution in [1.82, 2.24) is 5.32 Å². The zero-order valence-electron chi connectivity index (χ0n) is 8.64. The minimum absolute atomic E-state index is 0.163. The van der Waals surface area contributed by atoms with E-state index in [1.807, 2.05) is 0 Å². The number of guanidine groups is 1. The average Bonchev–Trinajstić information content (AvgIpc) is 2.20. The summed E-state index contributed by atoms with van der Waals surface area (Å²) < 4.78 is 4.29. The maximum absolute atomic E-state index is 11.0. The number of hydrogen-bond acceptors (Lipinski definition) is 6. The van der Waals surface area contributed by atoms with Crippen molar-refractivity contribution in [3.05, 3.63) is 10.1 Å². The van der Waals surface area contributed by atoms with Gasteiger partial charge in [-0.25, -0.2) is 0 Å². The normalized spacial score (nSPS) is 11.6. The van der Waals surface area contributed by atoms with Gasteiger partial charge in [-0.3, -0.25) is 20.3 Å². The highest BCUT2D eigenvalue weighted by molar-refractivity contribution is 5.75. The van der Waals surface area contributed by atoms with Crippen molar-refractivity contribution in [3.8, 4) is 0 Å². The Morgan fingerprint density at radius 2 is 2.25 bits per heavy atom. The first kappa shape index (κ1) is 14.1. The van der Waals surface area contributed by atoms with Gasteiger partial charge >= 0.3 is 12.7 Å². The molecule has 0 aliphatic carbocycles. The van der Waals surface area contributed by atoms with Crippen LogP contribution in [0.5, 0.6) is 0 Å². The van der Waals surface area contributed by atoms with Crippen LogP contribution >= 0.6 is 0 Å². The Labute approximate surface area is 91.8 Å². The molecule has 0 aromatic heterocycles. The van der Waals surface area contributed by atoms with Crippen molar-refractivity contribution in [2.24, 2.45) is 11.5 Å². The lowest BCUT2D eigenvalue weighted by Gasteiger charge is -2.09. The summed E-state index contributed by atoms with van der Waals surface area (Å²) in [5, 5.41) is 19.3. The molecule has 0 unspecified atom stereocenters. The number of nitrogens with zero attached hydrogens (tertiary/aromatic N) is 1. The van der Waals surface area contributed by atoms with Gasteiger partial charge in [-0.15, -0.1) is 0 Å². The standard InChI is InChI=1S/C7H15N5O4/c8-5(2-1-3-11-7(9)10)6(13)16-4-12(14)15/h5H,1-4,8H2,(H4,9,10,11)/t5-/m0/s1. The molecule has 0 heterocycles. The number of esters is 1. The fourth-order valence-corrected chi connectivity index (χ4v) is 0.886. The van der Waals surface area contributed by atoms with E-state index in [-0.39, 0.29) is 5.96 Å². The first-order valence-corrected chi connectivity index (χ1v) is 4.55. The van der Waals surface area contributed by atoms with Crippen molar-refractivity contribution < 1.29 is 14.5 Å². The summed E-state index contributed by atoms with van der Waals surface area (Å²) in [4.78, 5) is 20.2. The van der Waals surface area contributed by atoms with Gasteiger partial charge in [0.15, 0.2) is 5.96 Å². The van der Waals surface area contributed by atoms with Gasteiger partial charge in [-0.1, -0.05) is 0 Å². The van der Waals surface area contributed by atoms with Gasteiger partial charge in [-0.05, 0) is 12.8 Å². The molecule has 0 amide bonds.